The molecule has 1 rings (SSSR count). The zero-order valence-corrected chi connectivity index (χ0v) is 10.6. The number of alkyl halides is 2. The number of likely N-dealkylation sites (N-methyl/N-ethyl adjacent to an activating group) is 1. The van der Waals surface area contributed by atoms with E-state index in [0.29, 0.717) is 0 Å². The van der Waals surface area contributed by atoms with Crippen LogP contribution in [0.3, 0.4) is 0 Å². The van der Waals surface area contributed by atoms with Gasteiger partial charge in [0.1, 0.15) is 0 Å². The van der Waals surface area contributed by atoms with Crippen molar-refractivity contribution in [2.75, 3.05) is 20.1 Å². The number of hydrogen-bond acceptors (Lipinski definition) is 2. The largest absolute Gasteiger partial charge is 0.329 e. The number of halogens is 2. The second-order valence-electron chi connectivity index (χ2n) is 4.74. The minimum Gasteiger partial charge on any atom is -0.329 e. The van der Waals surface area contributed by atoms with Gasteiger partial charge in [0.15, 0.2) is 0 Å². The quantitative estimate of drug-likeness (QED) is 0.699. The molecular weight excluding hydrogens is 226 g/mol. The molecule has 0 aromatic carbocycles. The van der Waals surface area contributed by atoms with Crippen LogP contribution in [-0.2, 0) is 4.79 Å². The number of nitrogens with zero attached hydrogens (tertiary/aromatic N) is 1. The Morgan fingerprint density at radius 2 is 2.00 bits per heavy atom. The Morgan fingerprint density at radius 3 is 2.47 bits per heavy atom. The van der Waals surface area contributed by atoms with Crippen LogP contribution in [0.25, 0.3) is 0 Å². The average molecular weight is 248 g/mol. The van der Waals surface area contributed by atoms with Gasteiger partial charge < -0.3 is 10.2 Å². The molecule has 1 N–H and O–H groups in total. The van der Waals surface area contributed by atoms with Crippen LogP contribution in [0, 0.1) is 0 Å². The van der Waals surface area contributed by atoms with Crippen LogP contribution in [0.5, 0.6) is 0 Å². The van der Waals surface area contributed by atoms with Gasteiger partial charge in [-0.1, -0.05) is 32.6 Å². The number of nitrogens with one attached hydrogen (secondary N) is 1. The molecule has 1 atom stereocenters. The van der Waals surface area contributed by atoms with E-state index in [9.17, 15) is 13.6 Å². The molecule has 0 saturated carbocycles. The van der Waals surface area contributed by atoms with Gasteiger partial charge in [0.2, 0.25) is 5.91 Å². The lowest BCUT2D eigenvalue weighted by Gasteiger charge is -2.40. The number of likely N-dealkylation sites (tertiary alicyclic amines) is 1. The molecule has 5 heteroatoms. The van der Waals surface area contributed by atoms with Crippen molar-refractivity contribution < 1.29 is 13.6 Å². The standard InChI is InChI=1S/C12H22F2N2O/c1-3-4-5-6-7-10(15-2)11(17)16-8-12(13,14)9-16/h10,15H,3-9H2,1-2H3. The highest BCUT2D eigenvalue weighted by Gasteiger charge is 2.47. The predicted octanol–water partition coefficient (Wildman–Crippen LogP) is 2.02. The van der Waals surface area contributed by atoms with Crippen LogP contribution in [0.4, 0.5) is 8.78 Å². The first-order chi connectivity index (χ1) is 8.00. The lowest BCUT2D eigenvalue weighted by Crippen LogP contribution is -2.62. The van der Waals surface area contributed by atoms with E-state index in [1.807, 2.05) is 0 Å². The summed E-state index contributed by atoms with van der Waals surface area (Å²) in [5, 5.41) is 2.92. The lowest BCUT2D eigenvalue weighted by molar-refractivity contribution is -0.167. The van der Waals surface area contributed by atoms with Crippen LogP contribution < -0.4 is 5.32 Å². The molecule has 1 saturated heterocycles. The highest BCUT2D eigenvalue weighted by molar-refractivity contribution is 5.82. The van der Waals surface area contributed by atoms with Gasteiger partial charge in [-0.2, -0.15) is 0 Å². The van der Waals surface area contributed by atoms with Gasteiger partial charge in [-0.05, 0) is 13.5 Å². The van der Waals surface area contributed by atoms with E-state index >= 15 is 0 Å². The summed E-state index contributed by atoms with van der Waals surface area (Å²) in [6.45, 7) is 1.29. The minimum absolute atomic E-state index is 0.185. The predicted molar refractivity (Wildman–Crippen MR) is 63.1 cm³/mol. The van der Waals surface area contributed by atoms with Gasteiger partial charge in [-0.3, -0.25) is 4.79 Å². The maximum Gasteiger partial charge on any atom is 0.282 e. The van der Waals surface area contributed by atoms with Crippen molar-refractivity contribution in [2.24, 2.45) is 0 Å². The number of carbonyl (C=O) groups excluding carboxylic acids is 1. The first-order valence-corrected chi connectivity index (χ1v) is 6.34. The van der Waals surface area contributed by atoms with Crippen molar-refractivity contribution in [1.82, 2.24) is 10.2 Å². The summed E-state index contributed by atoms with van der Waals surface area (Å²) >= 11 is 0. The van der Waals surface area contributed by atoms with Gasteiger partial charge >= 0.3 is 0 Å². The summed E-state index contributed by atoms with van der Waals surface area (Å²) in [7, 11) is 1.71. The second kappa shape index (κ2) is 6.28. The van der Waals surface area contributed by atoms with Gasteiger partial charge in [0.25, 0.3) is 5.92 Å². The smallest absolute Gasteiger partial charge is 0.282 e. The highest BCUT2D eigenvalue weighted by atomic mass is 19.3. The number of amides is 1. The molecule has 1 fully saturated rings. The number of unbranched alkanes of at least 4 members (excludes halogenated alkanes) is 3. The van der Waals surface area contributed by atoms with Crippen LogP contribution in [0.1, 0.15) is 39.0 Å². The van der Waals surface area contributed by atoms with Crippen LogP contribution in [0.15, 0.2) is 0 Å². The summed E-state index contributed by atoms with van der Waals surface area (Å²) in [5.41, 5.74) is 0. The van der Waals surface area contributed by atoms with Crippen molar-refractivity contribution in [3.05, 3.63) is 0 Å². The molecule has 0 aromatic rings. The fourth-order valence-electron chi connectivity index (χ4n) is 2.05. The minimum atomic E-state index is -2.67. The Bertz CT molecular complexity index is 251. The lowest BCUT2D eigenvalue weighted by atomic mass is 10.0. The molecule has 1 aliphatic heterocycles. The molecule has 3 nitrogen and oxygen atoms in total. The van der Waals surface area contributed by atoms with Gasteiger partial charge in [0, 0.05) is 0 Å². The maximum absolute atomic E-state index is 12.7. The van der Waals surface area contributed by atoms with E-state index in [0.717, 1.165) is 32.1 Å². The van der Waals surface area contributed by atoms with E-state index in [4.69, 9.17) is 0 Å². The van der Waals surface area contributed by atoms with Crippen molar-refractivity contribution >= 4 is 5.91 Å². The van der Waals surface area contributed by atoms with E-state index < -0.39 is 19.0 Å². The summed E-state index contributed by atoms with van der Waals surface area (Å²) in [5.74, 6) is -2.86. The van der Waals surface area contributed by atoms with Crippen molar-refractivity contribution in [2.45, 2.75) is 51.0 Å². The molecule has 0 aliphatic carbocycles. The normalized spacial score (nSPS) is 19.9. The highest BCUT2D eigenvalue weighted by Crippen LogP contribution is 2.27. The molecule has 1 unspecified atom stereocenters. The summed E-state index contributed by atoms with van der Waals surface area (Å²) in [4.78, 5) is 13.1. The maximum atomic E-state index is 12.7. The molecule has 100 valence electrons. The van der Waals surface area contributed by atoms with Gasteiger partial charge in [-0.25, -0.2) is 8.78 Å². The Morgan fingerprint density at radius 1 is 1.35 bits per heavy atom. The molecule has 1 heterocycles. The molecule has 1 aliphatic rings. The molecule has 0 aromatic heterocycles. The fourth-order valence-corrected chi connectivity index (χ4v) is 2.05. The number of hydrogen-bond donors (Lipinski definition) is 1. The molecule has 17 heavy (non-hydrogen) atoms. The Kier molecular flexibility index (Phi) is 5.31. The number of carbonyl (C=O) groups is 1. The molecule has 0 spiro atoms. The topological polar surface area (TPSA) is 32.3 Å². The molecule has 0 bridgehead atoms. The third kappa shape index (κ3) is 4.22. The summed E-state index contributed by atoms with van der Waals surface area (Å²) in [6.07, 6.45) is 5.10. The molecular formula is C12H22F2N2O. The zero-order chi connectivity index (χ0) is 12.9. The van der Waals surface area contributed by atoms with Crippen LogP contribution in [0.2, 0.25) is 0 Å². The van der Waals surface area contributed by atoms with Crippen LogP contribution >= 0.6 is 0 Å². The monoisotopic (exact) mass is 248 g/mol. The zero-order valence-electron chi connectivity index (χ0n) is 10.6. The van der Waals surface area contributed by atoms with Crippen molar-refractivity contribution in [1.29, 1.82) is 0 Å². The van der Waals surface area contributed by atoms with E-state index in [2.05, 4.69) is 12.2 Å². The Balaban J connectivity index is 2.27. The number of rotatable bonds is 7. The SMILES string of the molecule is CCCCCCC(NC)C(=O)N1CC(F)(F)C1. The summed E-state index contributed by atoms with van der Waals surface area (Å²) < 4.78 is 25.3. The van der Waals surface area contributed by atoms with Gasteiger partial charge in [0.05, 0.1) is 19.1 Å². The van der Waals surface area contributed by atoms with Crippen molar-refractivity contribution in [3.8, 4) is 0 Å². The first kappa shape index (κ1) is 14.4. The van der Waals surface area contributed by atoms with E-state index in [1.165, 1.54) is 4.90 Å². The van der Waals surface area contributed by atoms with E-state index in [-0.39, 0.29) is 11.9 Å². The summed E-state index contributed by atoms with van der Waals surface area (Å²) in [6, 6.07) is -0.303. The third-order valence-electron chi connectivity index (χ3n) is 3.15. The molecule has 0 radical (unpaired) electrons. The second-order valence-corrected chi connectivity index (χ2v) is 4.74. The molecule has 1 amide bonds. The fraction of sp³-hybridized carbons (Fsp3) is 0.917. The van der Waals surface area contributed by atoms with E-state index in [1.54, 1.807) is 7.05 Å². The Labute approximate surface area is 102 Å². The van der Waals surface area contributed by atoms with Gasteiger partial charge in [-0.15, -0.1) is 0 Å². The first-order valence-electron chi connectivity index (χ1n) is 6.34. The average Bonchev–Trinajstić information content (AvgIpc) is 2.25. The Hall–Kier alpha value is -0.710. The third-order valence-corrected chi connectivity index (χ3v) is 3.15. The van der Waals surface area contributed by atoms with Crippen molar-refractivity contribution in [3.63, 3.8) is 0 Å². The van der Waals surface area contributed by atoms with Crippen LogP contribution in [-0.4, -0.2) is 42.9 Å².